The van der Waals surface area contributed by atoms with Gasteiger partial charge < -0.3 is 4.74 Å². The zero-order chi connectivity index (χ0) is 15.7. The van der Waals surface area contributed by atoms with Gasteiger partial charge in [0.05, 0.1) is 16.1 Å². The van der Waals surface area contributed by atoms with E-state index < -0.39 is 16.7 Å². The highest BCUT2D eigenvalue weighted by atomic mass is 16.6. The Bertz CT molecular complexity index is 838. The number of nitro groups is 1. The highest BCUT2D eigenvalue weighted by molar-refractivity contribution is 6.19. The van der Waals surface area contributed by atoms with E-state index in [0.717, 1.165) is 0 Å². The second kappa shape index (κ2) is 5.25. The third kappa shape index (κ3) is 2.26. The predicted molar refractivity (Wildman–Crippen MR) is 77.3 cm³/mol. The molecule has 0 unspecified atom stereocenters. The number of benzene rings is 2. The average molecular weight is 295 g/mol. The Labute approximate surface area is 124 Å². The van der Waals surface area contributed by atoms with Gasteiger partial charge in [-0.05, 0) is 18.2 Å². The van der Waals surface area contributed by atoms with Gasteiger partial charge in [-0.15, -0.1) is 0 Å². The first-order valence-electron chi connectivity index (χ1n) is 6.39. The van der Waals surface area contributed by atoms with Crippen LogP contribution in [0.4, 0.5) is 5.69 Å². The van der Waals surface area contributed by atoms with E-state index in [1.54, 1.807) is 18.2 Å². The lowest BCUT2D eigenvalue weighted by atomic mass is 9.99. The second-order valence-electron chi connectivity index (χ2n) is 4.59. The van der Waals surface area contributed by atoms with Gasteiger partial charge >= 0.3 is 5.97 Å². The van der Waals surface area contributed by atoms with Gasteiger partial charge in [0.2, 0.25) is 5.78 Å². The van der Waals surface area contributed by atoms with Crippen LogP contribution in [0.15, 0.2) is 54.3 Å². The molecule has 0 spiro atoms. The smallest absolute Gasteiger partial charge is 0.344 e. The van der Waals surface area contributed by atoms with E-state index in [1.165, 1.54) is 36.4 Å². The number of cyclic esters (lactones) is 1. The third-order valence-electron chi connectivity index (χ3n) is 3.24. The van der Waals surface area contributed by atoms with Crippen LogP contribution in [0.25, 0.3) is 6.08 Å². The van der Waals surface area contributed by atoms with Crippen LogP contribution in [0, 0.1) is 10.1 Å². The summed E-state index contributed by atoms with van der Waals surface area (Å²) in [6.07, 6.45) is 1.22. The number of Topliss-reactive ketones (excluding diaryl/α,β-unsaturated/α-hetero) is 1. The molecule has 0 N–H and O–H groups in total. The Morgan fingerprint density at radius 2 is 1.59 bits per heavy atom. The number of rotatable bonds is 2. The Morgan fingerprint density at radius 3 is 2.32 bits per heavy atom. The Kier molecular flexibility index (Phi) is 3.27. The van der Waals surface area contributed by atoms with Gasteiger partial charge in [-0.25, -0.2) is 4.79 Å². The van der Waals surface area contributed by atoms with E-state index in [9.17, 15) is 19.7 Å². The largest absolute Gasteiger partial charge is 0.419 e. The number of ketones is 1. The normalized spacial score (nSPS) is 15.4. The van der Waals surface area contributed by atoms with Crippen LogP contribution in [0.1, 0.15) is 26.3 Å². The van der Waals surface area contributed by atoms with E-state index in [1.807, 2.05) is 0 Å². The summed E-state index contributed by atoms with van der Waals surface area (Å²) >= 11 is 0. The number of nitrogens with zero attached hydrogens (tertiary/aromatic N) is 1. The molecule has 3 rings (SSSR count). The van der Waals surface area contributed by atoms with E-state index >= 15 is 0 Å². The van der Waals surface area contributed by atoms with Gasteiger partial charge in [-0.2, -0.15) is 0 Å². The van der Waals surface area contributed by atoms with Crippen molar-refractivity contribution in [3.8, 4) is 0 Å². The molecule has 0 atom stereocenters. The van der Waals surface area contributed by atoms with E-state index in [-0.39, 0.29) is 28.1 Å². The maximum atomic E-state index is 12.3. The quantitative estimate of drug-likeness (QED) is 0.368. The number of carbonyl (C=O) groups is 2. The van der Waals surface area contributed by atoms with Gasteiger partial charge in [0, 0.05) is 11.6 Å². The molecule has 6 heteroatoms. The lowest BCUT2D eigenvalue weighted by Gasteiger charge is -2.16. The highest BCUT2D eigenvalue weighted by Gasteiger charge is 2.30. The van der Waals surface area contributed by atoms with Crippen LogP contribution in [-0.2, 0) is 4.74 Å². The molecule has 0 saturated heterocycles. The van der Waals surface area contributed by atoms with Gasteiger partial charge in [-0.3, -0.25) is 14.9 Å². The minimum atomic E-state index is -0.653. The average Bonchev–Trinajstić information content (AvgIpc) is 2.53. The molecule has 0 fully saturated rings. The van der Waals surface area contributed by atoms with Crippen LogP contribution >= 0.6 is 0 Å². The molecule has 2 aromatic carbocycles. The maximum absolute atomic E-state index is 12.3. The first-order chi connectivity index (χ1) is 10.6. The number of carbonyl (C=O) groups excluding carboxylic acids is 2. The van der Waals surface area contributed by atoms with Gasteiger partial charge in [0.25, 0.3) is 5.69 Å². The molecule has 1 aliphatic heterocycles. The summed E-state index contributed by atoms with van der Waals surface area (Å²) in [4.78, 5) is 34.7. The zero-order valence-electron chi connectivity index (χ0n) is 11.2. The number of nitro benzene ring substituents is 1. The van der Waals surface area contributed by atoms with Crippen LogP contribution in [-0.4, -0.2) is 16.7 Å². The molecule has 6 nitrogen and oxygen atoms in total. The van der Waals surface area contributed by atoms with Crippen molar-refractivity contribution in [1.29, 1.82) is 0 Å². The fourth-order valence-corrected chi connectivity index (χ4v) is 2.21. The molecule has 108 valence electrons. The molecule has 0 saturated carbocycles. The number of fused-ring (bicyclic) bond motifs is 1. The molecule has 2 aromatic rings. The molecule has 1 aliphatic rings. The monoisotopic (exact) mass is 295 g/mol. The minimum Gasteiger partial charge on any atom is -0.419 e. The first kappa shape index (κ1) is 13.7. The van der Waals surface area contributed by atoms with Crippen molar-refractivity contribution in [1.82, 2.24) is 0 Å². The summed E-state index contributed by atoms with van der Waals surface area (Å²) in [5, 5.41) is 11.0. The molecule has 0 aromatic heterocycles. The van der Waals surface area contributed by atoms with Crippen molar-refractivity contribution in [3.05, 3.63) is 81.1 Å². The Balaban J connectivity index is 2.09. The topological polar surface area (TPSA) is 86.5 Å². The fraction of sp³-hybridized carbons (Fsp3) is 0. The summed E-state index contributed by atoms with van der Waals surface area (Å²) in [5.74, 6) is -1.36. The molecular weight excluding hydrogens is 286 g/mol. The standard InChI is InChI=1S/C16H9NO5/c18-15-11-6-2-3-7-12(11)16(19)22-14(15)9-10-5-1-4-8-13(10)17(20)21/h1-9H/b14-9-. The van der Waals surface area contributed by atoms with Crippen molar-refractivity contribution >= 4 is 23.5 Å². The zero-order valence-corrected chi connectivity index (χ0v) is 11.2. The van der Waals surface area contributed by atoms with Gasteiger partial charge in [0.15, 0.2) is 5.76 Å². The molecule has 0 radical (unpaired) electrons. The van der Waals surface area contributed by atoms with Gasteiger partial charge in [0.1, 0.15) is 0 Å². The van der Waals surface area contributed by atoms with E-state index in [4.69, 9.17) is 4.74 Å². The number of hydrogen-bond donors (Lipinski definition) is 0. The van der Waals surface area contributed by atoms with Crippen molar-refractivity contribution in [3.63, 3.8) is 0 Å². The summed E-state index contributed by atoms with van der Waals surface area (Å²) in [6, 6.07) is 12.2. The summed E-state index contributed by atoms with van der Waals surface area (Å²) in [5.41, 5.74) is 0.441. The number of allylic oxidation sites excluding steroid dienone is 1. The van der Waals surface area contributed by atoms with Crippen LogP contribution in [0.2, 0.25) is 0 Å². The number of ether oxygens (including phenoxy) is 1. The van der Waals surface area contributed by atoms with Gasteiger partial charge in [-0.1, -0.05) is 30.3 Å². The van der Waals surface area contributed by atoms with Crippen LogP contribution in [0.3, 0.4) is 0 Å². The lowest BCUT2D eigenvalue weighted by molar-refractivity contribution is -0.385. The molecule has 0 amide bonds. The molecule has 22 heavy (non-hydrogen) atoms. The molecule has 1 heterocycles. The van der Waals surface area contributed by atoms with Crippen molar-refractivity contribution in [2.75, 3.05) is 0 Å². The predicted octanol–water partition coefficient (Wildman–Crippen LogP) is 2.99. The number of para-hydroxylation sites is 1. The van der Waals surface area contributed by atoms with Crippen LogP contribution < -0.4 is 0 Å². The lowest BCUT2D eigenvalue weighted by Crippen LogP contribution is -2.22. The van der Waals surface area contributed by atoms with Crippen molar-refractivity contribution in [2.45, 2.75) is 0 Å². The molecule has 0 aliphatic carbocycles. The Morgan fingerprint density at radius 1 is 0.955 bits per heavy atom. The summed E-state index contributed by atoms with van der Waals surface area (Å²) in [6.45, 7) is 0. The van der Waals surface area contributed by atoms with Crippen LogP contribution in [0.5, 0.6) is 0 Å². The first-order valence-corrected chi connectivity index (χ1v) is 6.39. The second-order valence-corrected chi connectivity index (χ2v) is 4.59. The summed E-state index contributed by atoms with van der Waals surface area (Å²) in [7, 11) is 0. The van der Waals surface area contributed by atoms with E-state index in [2.05, 4.69) is 0 Å². The Hall–Kier alpha value is -3.28. The van der Waals surface area contributed by atoms with Crippen molar-refractivity contribution < 1.29 is 19.2 Å². The maximum Gasteiger partial charge on any atom is 0.344 e. The third-order valence-corrected chi connectivity index (χ3v) is 3.24. The fourth-order valence-electron chi connectivity index (χ4n) is 2.21. The highest BCUT2D eigenvalue weighted by Crippen LogP contribution is 2.27. The molecular formula is C16H9NO5. The van der Waals surface area contributed by atoms with Crippen molar-refractivity contribution in [2.24, 2.45) is 0 Å². The minimum absolute atomic E-state index is 0.169. The SMILES string of the molecule is O=C1O/C(=C\c2ccccc2[N+](=O)[O-])C(=O)c2ccccc21. The summed E-state index contributed by atoms with van der Waals surface area (Å²) < 4.78 is 5.01. The number of hydrogen-bond acceptors (Lipinski definition) is 5. The molecule has 0 bridgehead atoms. The van der Waals surface area contributed by atoms with E-state index in [0.29, 0.717) is 0 Å². The number of esters is 1.